The van der Waals surface area contributed by atoms with Gasteiger partial charge in [-0.25, -0.2) is 4.98 Å². The molecule has 1 N–H and O–H groups in total. The summed E-state index contributed by atoms with van der Waals surface area (Å²) in [5.74, 6) is 1.10. The number of anilines is 1. The molecule has 4 rings (SSSR count). The Labute approximate surface area is 148 Å². The average Bonchev–Trinajstić information content (AvgIpc) is 2.62. The zero-order valence-corrected chi connectivity index (χ0v) is 14.4. The maximum atomic E-state index is 12.5. The number of amides is 2. The van der Waals surface area contributed by atoms with Crippen LogP contribution in [0.25, 0.3) is 0 Å². The van der Waals surface area contributed by atoms with Crippen LogP contribution in [0.15, 0.2) is 24.4 Å². The van der Waals surface area contributed by atoms with Gasteiger partial charge in [-0.1, -0.05) is 6.07 Å². The second-order valence-electron chi connectivity index (χ2n) is 7.15. The van der Waals surface area contributed by atoms with Crippen molar-refractivity contribution in [2.45, 2.75) is 18.9 Å². The molecular weight excluding hydrogens is 318 g/mol. The summed E-state index contributed by atoms with van der Waals surface area (Å²) in [4.78, 5) is 35.1. The Bertz CT molecular complexity index is 624. The van der Waals surface area contributed by atoms with Gasteiger partial charge >= 0.3 is 0 Å². The van der Waals surface area contributed by atoms with Gasteiger partial charge in [0.05, 0.1) is 0 Å². The Balaban J connectivity index is 1.23. The minimum atomic E-state index is -0.115. The summed E-state index contributed by atoms with van der Waals surface area (Å²) >= 11 is 0. The number of nitrogens with zero attached hydrogens (tertiary/aromatic N) is 4. The lowest BCUT2D eigenvalue weighted by atomic mass is 9.93. The Kier molecular flexibility index (Phi) is 4.57. The summed E-state index contributed by atoms with van der Waals surface area (Å²) in [5.41, 5.74) is 0. The molecule has 3 saturated heterocycles. The van der Waals surface area contributed by atoms with Crippen LogP contribution in [-0.4, -0.2) is 78.5 Å². The van der Waals surface area contributed by atoms with E-state index in [9.17, 15) is 9.59 Å². The van der Waals surface area contributed by atoms with Crippen LogP contribution in [0.1, 0.15) is 12.8 Å². The van der Waals surface area contributed by atoms with Crippen molar-refractivity contribution in [2.24, 2.45) is 5.92 Å². The van der Waals surface area contributed by atoms with Crippen molar-refractivity contribution in [2.75, 3.05) is 50.7 Å². The van der Waals surface area contributed by atoms with Gasteiger partial charge < -0.3 is 15.1 Å². The number of pyridine rings is 1. The summed E-state index contributed by atoms with van der Waals surface area (Å²) in [7, 11) is 0. The maximum Gasteiger partial charge on any atom is 0.226 e. The average molecular weight is 343 g/mol. The first-order valence-electron chi connectivity index (χ1n) is 9.16. The second-order valence-corrected chi connectivity index (χ2v) is 7.15. The molecule has 3 aliphatic heterocycles. The minimum absolute atomic E-state index is 0.00677. The third-order valence-corrected chi connectivity index (χ3v) is 5.57. The van der Waals surface area contributed by atoms with Crippen LogP contribution in [0, 0.1) is 5.92 Å². The molecule has 0 bridgehead atoms. The predicted octanol–water partition coefficient (Wildman–Crippen LogP) is -0.0594. The van der Waals surface area contributed by atoms with Crippen molar-refractivity contribution in [1.82, 2.24) is 20.1 Å². The van der Waals surface area contributed by atoms with Crippen LogP contribution in [-0.2, 0) is 9.59 Å². The first kappa shape index (κ1) is 16.3. The Morgan fingerprint density at radius 2 is 1.96 bits per heavy atom. The van der Waals surface area contributed by atoms with Crippen LogP contribution in [0.2, 0.25) is 0 Å². The summed E-state index contributed by atoms with van der Waals surface area (Å²) in [6.45, 7) is 6.21. The third-order valence-electron chi connectivity index (χ3n) is 5.57. The molecule has 3 fully saturated rings. The van der Waals surface area contributed by atoms with Crippen LogP contribution >= 0.6 is 0 Å². The highest BCUT2D eigenvalue weighted by Crippen LogP contribution is 2.23. The van der Waals surface area contributed by atoms with E-state index in [1.54, 1.807) is 0 Å². The maximum absolute atomic E-state index is 12.5. The molecule has 2 amide bonds. The highest BCUT2D eigenvalue weighted by Gasteiger charge is 2.39. The summed E-state index contributed by atoms with van der Waals surface area (Å²) in [5, 5.41) is 2.79. The summed E-state index contributed by atoms with van der Waals surface area (Å²) in [6.07, 6.45) is 2.96. The lowest BCUT2D eigenvalue weighted by molar-refractivity contribution is -0.146. The molecule has 7 nitrogen and oxygen atoms in total. The van der Waals surface area contributed by atoms with Crippen molar-refractivity contribution >= 4 is 17.6 Å². The minimum Gasteiger partial charge on any atom is -0.356 e. The zero-order chi connectivity index (χ0) is 17.2. The van der Waals surface area contributed by atoms with E-state index >= 15 is 0 Å². The zero-order valence-electron chi connectivity index (χ0n) is 14.4. The number of rotatable bonds is 3. The van der Waals surface area contributed by atoms with Crippen LogP contribution in [0.5, 0.6) is 0 Å². The van der Waals surface area contributed by atoms with Crippen molar-refractivity contribution in [1.29, 1.82) is 0 Å². The quantitative estimate of drug-likeness (QED) is 0.833. The van der Waals surface area contributed by atoms with E-state index in [4.69, 9.17) is 0 Å². The van der Waals surface area contributed by atoms with Gasteiger partial charge in [0.1, 0.15) is 5.82 Å². The molecule has 1 unspecified atom stereocenters. The lowest BCUT2D eigenvalue weighted by Crippen LogP contribution is -2.65. The van der Waals surface area contributed by atoms with Crippen molar-refractivity contribution in [3.8, 4) is 0 Å². The normalized spacial score (nSPS) is 25.4. The number of piperidine rings is 1. The van der Waals surface area contributed by atoms with Gasteiger partial charge in [0.15, 0.2) is 0 Å². The molecule has 25 heavy (non-hydrogen) atoms. The first-order valence-corrected chi connectivity index (χ1v) is 9.16. The third kappa shape index (κ3) is 3.46. The highest BCUT2D eigenvalue weighted by molar-refractivity contribution is 5.87. The first-order chi connectivity index (χ1) is 12.2. The molecule has 3 aliphatic rings. The lowest BCUT2D eigenvalue weighted by Gasteiger charge is -2.49. The molecule has 1 atom stereocenters. The molecule has 0 spiro atoms. The number of piperazine rings is 1. The second kappa shape index (κ2) is 7.00. The van der Waals surface area contributed by atoms with Crippen molar-refractivity contribution in [3.63, 3.8) is 0 Å². The Morgan fingerprint density at radius 1 is 1.16 bits per heavy atom. The number of hydrogen-bond acceptors (Lipinski definition) is 5. The molecule has 7 heteroatoms. The molecule has 0 aromatic carbocycles. The van der Waals surface area contributed by atoms with Crippen LogP contribution < -0.4 is 10.2 Å². The Morgan fingerprint density at radius 3 is 2.64 bits per heavy atom. The van der Waals surface area contributed by atoms with Gasteiger partial charge in [0, 0.05) is 70.4 Å². The number of carbonyl (C=O) groups excluding carboxylic acids is 2. The standard InChI is InChI=1S/C18H25N5O2/c24-17-11-14(4-6-20-17)18(25)23-12-15(13-23)21-7-9-22(10-8-21)16-3-1-2-5-19-16/h1-3,5,14-15H,4,6-13H2,(H,20,24). The van der Waals surface area contributed by atoms with E-state index in [0.29, 0.717) is 19.0 Å². The summed E-state index contributed by atoms with van der Waals surface area (Å²) < 4.78 is 0. The molecule has 134 valence electrons. The molecule has 1 aromatic rings. The Hall–Kier alpha value is -2.15. The van der Waals surface area contributed by atoms with Gasteiger partial charge in [-0.3, -0.25) is 14.5 Å². The van der Waals surface area contributed by atoms with Crippen LogP contribution in [0.3, 0.4) is 0 Å². The molecule has 0 aliphatic carbocycles. The van der Waals surface area contributed by atoms with E-state index in [-0.39, 0.29) is 17.7 Å². The van der Waals surface area contributed by atoms with Crippen LogP contribution in [0.4, 0.5) is 5.82 Å². The van der Waals surface area contributed by atoms with E-state index in [1.165, 1.54) is 0 Å². The van der Waals surface area contributed by atoms with Crippen molar-refractivity contribution in [3.05, 3.63) is 24.4 Å². The SMILES string of the molecule is O=C1CC(C(=O)N2CC(N3CCN(c4ccccn4)CC3)C2)CCN1. The van der Waals surface area contributed by atoms with E-state index in [0.717, 1.165) is 51.5 Å². The topological polar surface area (TPSA) is 68.8 Å². The fraction of sp³-hybridized carbons (Fsp3) is 0.611. The monoisotopic (exact) mass is 343 g/mol. The van der Waals surface area contributed by atoms with E-state index in [1.807, 2.05) is 23.2 Å². The number of carbonyl (C=O) groups is 2. The van der Waals surface area contributed by atoms with Gasteiger partial charge in [-0.2, -0.15) is 0 Å². The molecular formula is C18H25N5O2. The fourth-order valence-corrected chi connectivity index (χ4v) is 3.98. The summed E-state index contributed by atoms with van der Waals surface area (Å²) in [6, 6.07) is 6.48. The van der Waals surface area contributed by atoms with Crippen molar-refractivity contribution < 1.29 is 9.59 Å². The van der Waals surface area contributed by atoms with Gasteiger partial charge in [-0.05, 0) is 18.6 Å². The van der Waals surface area contributed by atoms with Gasteiger partial charge in [0.25, 0.3) is 0 Å². The number of likely N-dealkylation sites (tertiary alicyclic amines) is 1. The largest absolute Gasteiger partial charge is 0.356 e. The van der Waals surface area contributed by atoms with Gasteiger partial charge in [0.2, 0.25) is 11.8 Å². The smallest absolute Gasteiger partial charge is 0.226 e. The number of hydrogen-bond donors (Lipinski definition) is 1. The molecule has 0 radical (unpaired) electrons. The predicted molar refractivity (Wildman–Crippen MR) is 94.1 cm³/mol. The molecule has 1 aromatic heterocycles. The van der Waals surface area contributed by atoms with E-state index in [2.05, 4.69) is 26.2 Å². The fourth-order valence-electron chi connectivity index (χ4n) is 3.98. The highest BCUT2D eigenvalue weighted by atomic mass is 16.2. The van der Waals surface area contributed by atoms with Gasteiger partial charge in [-0.15, -0.1) is 0 Å². The number of aromatic nitrogens is 1. The molecule has 4 heterocycles. The number of nitrogens with one attached hydrogen (secondary N) is 1. The van der Waals surface area contributed by atoms with E-state index < -0.39 is 0 Å². The molecule has 0 saturated carbocycles.